The number of rotatable bonds is 28. The molecular formula is C29H60NO6P. The van der Waals surface area contributed by atoms with Crippen LogP contribution in [0.15, 0.2) is 0 Å². The molecular weight excluding hydrogens is 489 g/mol. The van der Waals surface area contributed by atoms with Crippen LogP contribution >= 0.6 is 7.60 Å². The Bertz CT molecular complexity index is 561. The maximum atomic E-state index is 12.2. The van der Waals surface area contributed by atoms with Crippen molar-refractivity contribution in [2.24, 2.45) is 0 Å². The molecule has 0 saturated carbocycles. The SMILES string of the molecule is CCCCCCCCCCCCCCCCCCOCC(COP(=O)(O)CCCCN(C)C)OC(C)=O. The summed E-state index contributed by atoms with van der Waals surface area (Å²) in [5.74, 6) is -0.446. The van der Waals surface area contributed by atoms with E-state index >= 15 is 0 Å². The second-order valence-electron chi connectivity index (χ2n) is 10.8. The first kappa shape index (κ1) is 36.5. The average molecular weight is 550 g/mol. The number of carbonyl (C=O) groups excluding carboxylic acids is 1. The number of carbonyl (C=O) groups is 1. The third-order valence-corrected chi connectivity index (χ3v) is 7.97. The zero-order chi connectivity index (χ0) is 27.6. The van der Waals surface area contributed by atoms with Gasteiger partial charge in [-0.25, -0.2) is 0 Å². The highest BCUT2D eigenvalue weighted by molar-refractivity contribution is 7.52. The molecule has 0 rings (SSSR count). The molecule has 1 N–H and O–H groups in total. The van der Waals surface area contributed by atoms with Crippen LogP contribution in [0.2, 0.25) is 0 Å². The Morgan fingerprint density at radius 3 is 1.70 bits per heavy atom. The molecule has 0 spiro atoms. The molecule has 0 fully saturated rings. The van der Waals surface area contributed by atoms with Crippen molar-refractivity contribution in [2.75, 3.05) is 46.6 Å². The lowest BCUT2D eigenvalue weighted by Gasteiger charge is -2.19. The quantitative estimate of drug-likeness (QED) is 0.0607. The minimum atomic E-state index is -3.69. The topological polar surface area (TPSA) is 85.3 Å². The summed E-state index contributed by atoms with van der Waals surface area (Å²) < 4.78 is 28.3. The predicted molar refractivity (Wildman–Crippen MR) is 154 cm³/mol. The first-order valence-corrected chi connectivity index (χ1v) is 16.9. The molecule has 222 valence electrons. The Labute approximate surface area is 228 Å². The molecule has 0 saturated heterocycles. The minimum Gasteiger partial charge on any atom is -0.458 e. The van der Waals surface area contributed by atoms with E-state index in [9.17, 15) is 14.3 Å². The Morgan fingerprint density at radius 1 is 0.757 bits per heavy atom. The van der Waals surface area contributed by atoms with E-state index in [2.05, 4.69) is 6.92 Å². The average Bonchev–Trinajstić information content (AvgIpc) is 2.84. The minimum absolute atomic E-state index is 0.105. The van der Waals surface area contributed by atoms with E-state index in [1.54, 1.807) is 0 Å². The smallest absolute Gasteiger partial charge is 0.328 e. The summed E-state index contributed by atoms with van der Waals surface area (Å²) in [7, 11) is 0.248. The molecule has 0 aromatic rings. The summed E-state index contributed by atoms with van der Waals surface area (Å²) >= 11 is 0. The molecule has 37 heavy (non-hydrogen) atoms. The molecule has 2 atom stereocenters. The van der Waals surface area contributed by atoms with Gasteiger partial charge in [0.15, 0.2) is 0 Å². The fraction of sp³-hybridized carbons (Fsp3) is 0.966. The highest BCUT2D eigenvalue weighted by Gasteiger charge is 2.23. The Kier molecular flexibility index (Phi) is 25.5. The molecule has 0 heterocycles. The molecule has 0 aliphatic rings. The van der Waals surface area contributed by atoms with Crippen molar-refractivity contribution in [3.63, 3.8) is 0 Å². The van der Waals surface area contributed by atoms with Gasteiger partial charge in [-0.2, -0.15) is 0 Å². The third kappa shape index (κ3) is 28.4. The van der Waals surface area contributed by atoms with E-state index in [1.807, 2.05) is 19.0 Å². The fourth-order valence-corrected chi connectivity index (χ4v) is 5.47. The molecule has 7 nitrogen and oxygen atoms in total. The lowest BCUT2D eigenvalue weighted by molar-refractivity contribution is -0.151. The lowest BCUT2D eigenvalue weighted by Crippen LogP contribution is -2.27. The normalized spacial score (nSPS) is 14.1. The lowest BCUT2D eigenvalue weighted by atomic mass is 10.0. The number of ether oxygens (including phenoxy) is 2. The van der Waals surface area contributed by atoms with Gasteiger partial charge >= 0.3 is 13.6 Å². The summed E-state index contributed by atoms with van der Waals surface area (Å²) in [6.45, 7) is 5.11. The number of nitrogens with zero attached hydrogens (tertiary/aromatic N) is 1. The summed E-state index contributed by atoms with van der Waals surface area (Å²) in [6.07, 6.45) is 22.1. The van der Waals surface area contributed by atoms with Gasteiger partial charge in [-0.05, 0) is 39.9 Å². The van der Waals surface area contributed by atoms with Crippen LogP contribution in [0.5, 0.6) is 0 Å². The summed E-state index contributed by atoms with van der Waals surface area (Å²) in [5, 5.41) is 0. The number of hydrogen-bond acceptors (Lipinski definition) is 6. The molecule has 0 aliphatic carbocycles. The van der Waals surface area contributed by atoms with Crippen LogP contribution in [0.4, 0.5) is 0 Å². The van der Waals surface area contributed by atoms with Crippen molar-refractivity contribution in [3.8, 4) is 0 Å². The van der Waals surface area contributed by atoms with E-state index < -0.39 is 19.7 Å². The number of hydrogen-bond donors (Lipinski definition) is 1. The molecule has 0 aromatic carbocycles. The van der Waals surface area contributed by atoms with Crippen molar-refractivity contribution in [1.29, 1.82) is 0 Å². The van der Waals surface area contributed by atoms with Crippen molar-refractivity contribution in [2.45, 2.75) is 136 Å². The summed E-state index contributed by atoms with van der Waals surface area (Å²) in [6, 6.07) is 0. The molecule has 0 bridgehead atoms. The van der Waals surface area contributed by atoms with Gasteiger partial charge in [0.1, 0.15) is 6.10 Å². The van der Waals surface area contributed by atoms with Gasteiger partial charge in [-0.15, -0.1) is 0 Å². The first-order valence-electron chi connectivity index (χ1n) is 15.1. The highest BCUT2D eigenvalue weighted by atomic mass is 31.2. The molecule has 8 heteroatoms. The van der Waals surface area contributed by atoms with Crippen LogP contribution in [-0.4, -0.2) is 68.5 Å². The van der Waals surface area contributed by atoms with E-state index in [1.165, 1.54) is 96.8 Å². The van der Waals surface area contributed by atoms with Gasteiger partial charge in [0.05, 0.1) is 19.4 Å². The van der Waals surface area contributed by atoms with Gasteiger partial charge in [0, 0.05) is 13.5 Å². The maximum absolute atomic E-state index is 12.2. The van der Waals surface area contributed by atoms with Gasteiger partial charge in [0.2, 0.25) is 0 Å². The largest absolute Gasteiger partial charge is 0.458 e. The number of unbranched alkanes of at least 4 members (excludes halogenated alkanes) is 16. The van der Waals surface area contributed by atoms with Crippen molar-refractivity contribution in [1.82, 2.24) is 4.90 Å². The Morgan fingerprint density at radius 2 is 1.24 bits per heavy atom. The van der Waals surface area contributed by atoms with Gasteiger partial charge in [-0.1, -0.05) is 103 Å². The Balaban J connectivity index is 3.68. The van der Waals surface area contributed by atoms with Crippen LogP contribution in [0.3, 0.4) is 0 Å². The first-order chi connectivity index (χ1) is 17.8. The highest BCUT2D eigenvalue weighted by Crippen LogP contribution is 2.42. The zero-order valence-corrected chi connectivity index (χ0v) is 25.6. The summed E-state index contributed by atoms with van der Waals surface area (Å²) in [4.78, 5) is 23.4. The summed E-state index contributed by atoms with van der Waals surface area (Å²) in [5.41, 5.74) is 0. The standard InChI is InChI=1S/C29H60NO6P/c1-5-6-7-8-9-10-11-12-13-14-15-16-17-18-19-21-24-34-26-29(36-28(2)31)27-35-37(32,33)25-22-20-23-30(3)4/h29H,5-27H2,1-4H3,(H,32,33). The van der Waals surface area contributed by atoms with Crippen molar-refractivity contribution < 1.29 is 28.3 Å². The molecule has 0 aromatic heterocycles. The third-order valence-electron chi connectivity index (χ3n) is 6.54. The van der Waals surface area contributed by atoms with Crippen LogP contribution in [0.1, 0.15) is 129 Å². The van der Waals surface area contributed by atoms with E-state index in [4.69, 9.17) is 14.0 Å². The second-order valence-corrected chi connectivity index (χ2v) is 12.8. The van der Waals surface area contributed by atoms with E-state index in [0.29, 0.717) is 13.0 Å². The predicted octanol–water partition coefficient (Wildman–Crippen LogP) is 7.74. The zero-order valence-electron chi connectivity index (χ0n) is 24.7. The van der Waals surface area contributed by atoms with Gasteiger partial charge in [0.25, 0.3) is 0 Å². The van der Waals surface area contributed by atoms with Crippen LogP contribution in [0, 0.1) is 0 Å². The molecule has 0 radical (unpaired) electrons. The maximum Gasteiger partial charge on any atom is 0.328 e. The van der Waals surface area contributed by atoms with Crippen molar-refractivity contribution in [3.05, 3.63) is 0 Å². The molecule has 2 unspecified atom stereocenters. The number of esters is 1. The van der Waals surface area contributed by atoms with Crippen LogP contribution in [-0.2, 0) is 23.4 Å². The van der Waals surface area contributed by atoms with Crippen LogP contribution in [0.25, 0.3) is 0 Å². The Hall–Kier alpha value is -0.460. The van der Waals surface area contributed by atoms with E-state index in [-0.39, 0.29) is 19.4 Å². The van der Waals surface area contributed by atoms with E-state index in [0.717, 1.165) is 25.8 Å². The van der Waals surface area contributed by atoms with Crippen molar-refractivity contribution >= 4 is 13.6 Å². The molecule has 0 amide bonds. The second kappa shape index (κ2) is 25.8. The monoisotopic (exact) mass is 549 g/mol. The van der Waals surface area contributed by atoms with Crippen LogP contribution < -0.4 is 0 Å². The van der Waals surface area contributed by atoms with Gasteiger partial charge in [-0.3, -0.25) is 9.36 Å². The fourth-order valence-electron chi connectivity index (χ4n) is 4.32. The molecule has 0 aliphatic heterocycles. The van der Waals surface area contributed by atoms with Gasteiger partial charge < -0.3 is 23.8 Å².